The zero-order valence-corrected chi connectivity index (χ0v) is 9.47. The molecule has 0 saturated heterocycles. The van der Waals surface area contributed by atoms with Crippen molar-refractivity contribution >= 4 is 39.3 Å². The van der Waals surface area contributed by atoms with Gasteiger partial charge in [0.05, 0.1) is 24.1 Å². The van der Waals surface area contributed by atoms with Gasteiger partial charge >= 0.3 is 0 Å². The van der Waals surface area contributed by atoms with Gasteiger partial charge in [0.15, 0.2) is 0 Å². The van der Waals surface area contributed by atoms with E-state index in [0.29, 0.717) is 12.4 Å². The Kier molecular flexibility index (Phi) is 2.55. The summed E-state index contributed by atoms with van der Waals surface area (Å²) in [5, 5.41) is 14.0. The summed E-state index contributed by atoms with van der Waals surface area (Å²) in [6, 6.07) is 1.84. The van der Waals surface area contributed by atoms with Gasteiger partial charge in [0, 0.05) is 6.20 Å². The van der Waals surface area contributed by atoms with E-state index in [-0.39, 0.29) is 6.61 Å². The number of aliphatic hydroxyl groups is 1. The first-order chi connectivity index (χ1) is 6.74. The van der Waals surface area contributed by atoms with E-state index in [0.717, 1.165) is 14.6 Å². The van der Waals surface area contributed by atoms with Crippen LogP contribution in [-0.4, -0.2) is 26.5 Å². The second kappa shape index (κ2) is 3.70. The fraction of sp³-hybridized carbons (Fsp3) is 0.250. The van der Waals surface area contributed by atoms with Gasteiger partial charge in [0.1, 0.15) is 9.52 Å². The first-order valence-electron chi connectivity index (χ1n) is 4.11. The highest BCUT2D eigenvalue weighted by Gasteiger charge is 2.10. The van der Waals surface area contributed by atoms with Crippen molar-refractivity contribution in [1.82, 2.24) is 14.8 Å². The SMILES string of the molecule is Nc1nccc2c1c(I)nn2CCO. The van der Waals surface area contributed by atoms with Crippen LogP contribution in [0.1, 0.15) is 0 Å². The highest BCUT2D eigenvalue weighted by molar-refractivity contribution is 14.1. The summed E-state index contributed by atoms with van der Waals surface area (Å²) >= 11 is 2.11. The zero-order valence-electron chi connectivity index (χ0n) is 7.31. The summed E-state index contributed by atoms with van der Waals surface area (Å²) in [4.78, 5) is 4.00. The van der Waals surface area contributed by atoms with E-state index in [4.69, 9.17) is 10.8 Å². The minimum absolute atomic E-state index is 0.0646. The van der Waals surface area contributed by atoms with Crippen molar-refractivity contribution < 1.29 is 5.11 Å². The molecule has 2 heterocycles. The number of nitrogens with two attached hydrogens (primary N) is 1. The van der Waals surface area contributed by atoms with Crippen LogP contribution in [0.2, 0.25) is 0 Å². The molecular weight excluding hydrogens is 295 g/mol. The fourth-order valence-electron chi connectivity index (χ4n) is 1.37. The number of fused-ring (bicyclic) bond motifs is 1. The largest absolute Gasteiger partial charge is 0.394 e. The van der Waals surface area contributed by atoms with E-state index in [1.54, 1.807) is 10.9 Å². The van der Waals surface area contributed by atoms with Gasteiger partial charge in [-0.15, -0.1) is 0 Å². The molecule has 0 aliphatic heterocycles. The number of aromatic nitrogens is 3. The summed E-state index contributed by atoms with van der Waals surface area (Å²) in [6.07, 6.45) is 1.64. The van der Waals surface area contributed by atoms with Crippen LogP contribution in [0.3, 0.4) is 0 Å². The normalized spacial score (nSPS) is 11.0. The number of hydrogen-bond donors (Lipinski definition) is 2. The number of nitrogens with zero attached hydrogens (tertiary/aromatic N) is 3. The monoisotopic (exact) mass is 304 g/mol. The summed E-state index contributed by atoms with van der Waals surface area (Å²) in [5.74, 6) is 0.482. The average Bonchev–Trinajstić information content (AvgIpc) is 2.46. The molecule has 0 atom stereocenters. The van der Waals surface area contributed by atoms with E-state index in [1.807, 2.05) is 6.07 Å². The zero-order chi connectivity index (χ0) is 10.1. The van der Waals surface area contributed by atoms with Crippen molar-refractivity contribution in [2.45, 2.75) is 6.54 Å². The molecule has 0 aliphatic carbocycles. The van der Waals surface area contributed by atoms with Crippen molar-refractivity contribution in [3.63, 3.8) is 0 Å². The number of pyridine rings is 1. The predicted octanol–water partition coefficient (Wildman–Crippen LogP) is 0.610. The molecule has 0 aromatic carbocycles. The Morgan fingerprint density at radius 1 is 1.57 bits per heavy atom. The molecule has 2 rings (SSSR count). The van der Waals surface area contributed by atoms with Crippen LogP contribution in [0, 0.1) is 3.70 Å². The van der Waals surface area contributed by atoms with Gasteiger partial charge in [-0.05, 0) is 28.7 Å². The third kappa shape index (κ3) is 1.44. The van der Waals surface area contributed by atoms with Crippen molar-refractivity contribution in [3.8, 4) is 0 Å². The molecule has 0 aliphatic rings. The Morgan fingerprint density at radius 2 is 2.36 bits per heavy atom. The van der Waals surface area contributed by atoms with Gasteiger partial charge in [-0.2, -0.15) is 5.10 Å². The number of nitrogen functional groups attached to an aromatic ring is 1. The van der Waals surface area contributed by atoms with E-state index in [9.17, 15) is 0 Å². The number of halogens is 1. The van der Waals surface area contributed by atoms with Crippen LogP contribution in [0.25, 0.3) is 10.9 Å². The molecule has 0 unspecified atom stereocenters. The van der Waals surface area contributed by atoms with Gasteiger partial charge in [-0.25, -0.2) is 4.98 Å². The molecule has 0 amide bonds. The van der Waals surface area contributed by atoms with Crippen LogP contribution < -0.4 is 5.73 Å². The number of anilines is 1. The minimum atomic E-state index is 0.0646. The molecule has 0 fully saturated rings. The summed E-state index contributed by atoms with van der Waals surface area (Å²) in [7, 11) is 0. The van der Waals surface area contributed by atoms with E-state index in [2.05, 4.69) is 32.7 Å². The lowest BCUT2D eigenvalue weighted by Crippen LogP contribution is -2.03. The van der Waals surface area contributed by atoms with Crippen molar-refractivity contribution in [2.75, 3.05) is 12.3 Å². The predicted molar refractivity (Wildman–Crippen MR) is 61.7 cm³/mol. The first-order valence-corrected chi connectivity index (χ1v) is 5.19. The molecule has 5 nitrogen and oxygen atoms in total. The molecule has 14 heavy (non-hydrogen) atoms. The fourth-order valence-corrected chi connectivity index (χ4v) is 2.18. The second-order valence-corrected chi connectivity index (χ2v) is 3.85. The standard InChI is InChI=1S/C8H9IN4O/c9-7-6-5(1-2-11-8(6)10)13(12-7)3-4-14/h1-2,14H,3-4H2,(H2,10,11). The minimum Gasteiger partial charge on any atom is -0.394 e. The topological polar surface area (TPSA) is 77.0 Å². The second-order valence-electron chi connectivity index (χ2n) is 2.83. The third-order valence-corrected chi connectivity index (χ3v) is 2.72. The molecule has 0 radical (unpaired) electrons. The first kappa shape index (κ1) is 9.66. The lowest BCUT2D eigenvalue weighted by Gasteiger charge is -1.99. The molecule has 6 heteroatoms. The summed E-state index contributed by atoms with van der Waals surface area (Å²) in [5.41, 5.74) is 6.65. The molecule has 74 valence electrons. The van der Waals surface area contributed by atoms with Crippen LogP contribution >= 0.6 is 22.6 Å². The third-order valence-electron chi connectivity index (χ3n) is 1.96. The Morgan fingerprint density at radius 3 is 3.07 bits per heavy atom. The van der Waals surface area contributed by atoms with Gasteiger partial charge < -0.3 is 10.8 Å². The molecule has 3 N–H and O–H groups in total. The van der Waals surface area contributed by atoms with Crippen LogP contribution in [0.4, 0.5) is 5.82 Å². The quantitative estimate of drug-likeness (QED) is 0.797. The maximum atomic E-state index is 8.85. The van der Waals surface area contributed by atoms with Gasteiger partial charge in [-0.1, -0.05) is 0 Å². The van der Waals surface area contributed by atoms with E-state index < -0.39 is 0 Å². The Balaban J connectivity index is 2.71. The van der Waals surface area contributed by atoms with Gasteiger partial charge in [-0.3, -0.25) is 4.68 Å². The molecular formula is C8H9IN4O. The van der Waals surface area contributed by atoms with Crippen molar-refractivity contribution in [2.24, 2.45) is 0 Å². The number of hydrogen-bond acceptors (Lipinski definition) is 4. The molecule has 2 aromatic heterocycles. The smallest absolute Gasteiger partial charge is 0.135 e. The van der Waals surface area contributed by atoms with Crippen molar-refractivity contribution in [3.05, 3.63) is 16.0 Å². The molecule has 0 spiro atoms. The highest BCUT2D eigenvalue weighted by atomic mass is 127. The molecule has 0 bridgehead atoms. The van der Waals surface area contributed by atoms with Gasteiger partial charge in [0.25, 0.3) is 0 Å². The lowest BCUT2D eigenvalue weighted by atomic mass is 10.3. The Hall–Kier alpha value is -0.890. The molecule has 0 saturated carbocycles. The van der Waals surface area contributed by atoms with Crippen LogP contribution in [0.5, 0.6) is 0 Å². The van der Waals surface area contributed by atoms with Gasteiger partial charge in [0.2, 0.25) is 0 Å². The maximum absolute atomic E-state index is 8.85. The summed E-state index contributed by atoms with van der Waals surface area (Å²) < 4.78 is 2.55. The lowest BCUT2D eigenvalue weighted by molar-refractivity contribution is 0.271. The Labute approximate surface area is 94.1 Å². The van der Waals surface area contributed by atoms with Crippen LogP contribution in [0.15, 0.2) is 12.3 Å². The van der Waals surface area contributed by atoms with E-state index >= 15 is 0 Å². The maximum Gasteiger partial charge on any atom is 0.135 e. The average molecular weight is 304 g/mol. The van der Waals surface area contributed by atoms with Crippen LogP contribution in [-0.2, 0) is 6.54 Å². The highest BCUT2D eigenvalue weighted by Crippen LogP contribution is 2.23. The number of rotatable bonds is 2. The summed E-state index contributed by atoms with van der Waals surface area (Å²) in [6.45, 7) is 0.540. The Bertz CT molecular complexity index is 468. The molecule has 2 aromatic rings. The van der Waals surface area contributed by atoms with E-state index in [1.165, 1.54) is 0 Å². The number of aliphatic hydroxyl groups excluding tert-OH is 1. The van der Waals surface area contributed by atoms with Crippen molar-refractivity contribution in [1.29, 1.82) is 0 Å².